The molecule has 8 heteroatoms. The van der Waals surface area contributed by atoms with Gasteiger partial charge in [-0.3, -0.25) is 4.79 Å². The van der Waals surface area contributed by atoms with Crippen molar-refractivity contribution in [2.45, 2.75) is 12.5 Å². The number of methoxy groups -OCH3 is 1. The van der Waals surface area contributed by atoms with Crippen LogP contribution in [0.25, 0.3) is 0 Å². The largest absolute Gasteiger partial charge is 0.481 e. The Morgan fingerprint density at radius 1 is 1.33 bits per heavy atom. The summed E-state index contributed by atoms with van der Waals surface area (Å²) in [5.41, 5.74) is 0.635. The van der Waals surface area contributed by atoms with Crippen molar-refractivity contribution in [2.24, 2.45) is 0 Å². The summed E-state index contributed by atoms with van der Waals surface area (Å²) in [4.78, 5) is 26.1. The Morgan fingerprint density at radius 2 is 2.17 bits per heavy atom. The molecule has 1 atom stereocenters. The number of hydrogen-bond acceptors (Lipinski definition) is 7. The zero-order chi connectivity index (χ0) is 16.9. The van der Waals surface area contributed by atoms with Crippen molar-refractivity contribution in [2.75, 3.05) is 20.2 Å². The molecule has 0 bridgehead atoms. The van der Waals surface area contributed by atoms with Crippen molar-refractivity contribution in [1.29, 1.82) is 5.26 Å². The first-order chi connectivity index (χ1) is 11.7. The minimum Gasteiger partial charge on any atom is -0.481 e. The van der Waals surface area contributed by atoms with E-state index < -0.39 is 0 Å². The van der Waals surface area contributed by atoms with E-state index in [9.17, 15) is 4.79 Å². The first kappa shape index (κ1) is 15.7. The number of carbonyl (C=O) groups is 1. The molecule has 2 aromatic heterocycles. The number of rotatable bonds is 4. The van der Waals surface area contributed by atoms with Crippen molar-refractivity contribution in [3.63, 3.8) is 0 Å². The van der Waals surface area contributed by atoms with Crippen molar-refractivity contribution < 1.29 is 14.3 Å². The highest BCUT2D eigenvalue weighted by atomic mass is 16.5. The molecule has 122 valence electrons. The van der Waals surface area contributed by atoms with E-state index in [0.717, 1.165) is 0 Å². The summed E-state index contributed by atoms with van der Waals surface area (Å²) in [5.74, 6) is 0.544. The molecule has 0 radical (unpaired) electrons. The van der Waals surface area contributed by atoms with Gasteiger partial charge in [0.25, 0.3) is 11.8 Å². The van der Waals surface area contributed by atoms with Crippen LogP contribution in [0.1, 0.15) is 22.5 Å². The van der Waals surface area contributed by atoms with Crippen LogP contribution in [0.15, 0.2) is 30.7 Å². The molecule has 0 aliphatic carbocycles. The number of ether oxygens (including phenoxy) is 2. The van der Waals surface area contributed by atoms with E-state index in [2.05, 4.69) is 15.0 Å². The Balaban J connectivity index is 1.64. The normalized spacial score (nSPS) is 16.5. The zero-order valence-electron chi connectivity index (χ0n) is 13.0. The highest BCUT2D eigenvalue weighted by Crippen LogP contribution is 2.20. The van der Waals surface area contributed by atoms with Gasteiger partial charge in [0.15, 0.2) is 0 Å². The Morgan fingerprint density at radius 3 is 2.88 bits per heavy atom. The van der Waals surface area contributed by atoms with E-state index in [1.807, 2.05) is 6.07 Å². The van der Waals surface area contributed by atoms with Crippen LogP contribution in [0, 0.1) is 11.3 Å². The van der Waals surface area contributed by atoms with Crippen LogP contribution in [0.3, 0.4) is 0 Å². The summed E-state index contributed by atoms with van der Waals surface area (Å²) in [6, 6.07) is 5.27. The average Bonchev–Trinajstić information content (AvgIpc) is 3.10. The molecule has 3 rings (SSSR count). The standard InChI is InChI=1S/C16H15N5O3/c1-23-14-3-2-11(9-20-14)16(22)21-7-4-12(10-21)24-15-13(8-17)18-5-6-19-15/h2-3,5-6,9,12H,4,7,10H2,1H3/t12-/m1/s1. The van der Waals surface area contributed by atoms with Gasteiger partial charge in [0.05, 0.1) is 19.2 Å². The van der Waals surface area contributed by atoms with E-state index in [1.165, 1.54) is 25.7 Å². The van der Waals surface area contributed by atoms with Crippen molar-refractivity contribution in [1.82, 2.24) is 19.9 Å². The van der Waals surface area contributed by atoms with E-state index >= 15 is 0 Å². The Hall–Kier alpha value is -3.21. The number of likely N-dealkylation sites (tertiary alicyclic amines) is 1. The van der Waals surface area contributed by atoms with Gasteiger partial charge in [-0.1, -0.05) is 0 Å². The predicted molar refractivity (Wildman–Crippen MR) is 82.5 cm³/mol. The highest BCUT2D eigenvalue weighted by Gasteiger charge is 2.29. The monoisotopic (exact) mass is 325 g/mol. The van der Waals surface area contributed by atoms with Crippen molar-refractivity contribution in [3.8, 4) is 17.8 Å². The number of hydrogen-bond donors (Lipinski definition) is 0. The lowest BCUT2D eigenvalue weighted by atomic mass is 10.2. The second-order valence-electron chi connectivity index (χ2n) is 5.19. The van der Waals surface area contributed by atoms with Gasteiger partial charge in [0.1, 0.15) is 12.2 Å². The molecule has 0 saturated carbocycles. The van der Waals surface area contributed by atoms with Crippen LogP contribution in [-0.4, -0.2) is 52.1 Å². The van der Waals surface area contributed by atoms with Gasteiger partial charge in [-0.15, -0.1) is 0 Å². The first-order valence-electron chi connectivity index (χ1n) is 7.38. The Kier molecular flexibility index (Phi) is 4.52. The molecule has 3 heterocycles. The molecule has 0 N–H and O–H groups in total. The molecule has 0 aromatic carbocycles. The van der Waals surface area contributed by atoms with Gasteiger partial charge in [-0.2, -0.15) is 5.26 Å². The van der Waals surface area contributed by atoms with Crippen LogP contribution in [0.4, 0.5) is 0 Å². The van der Waals surface area contributed by atoms with Gasteiger partial charge in [0.2, 0.25) is 11.6 Å². The summed E-state index contributed by atoms with van der Waals surface area (Å²) in [6.45, 7) is 0.990. The SMILES string of the molecule is COc1ccc(C(=O)N2CC[C@@H](Oc3nccnc3C#N)C2)cn1. The molecule has 0 unspecified atom stereocenters. The van der Waals surface area contributed by atoms with E-state index in [4.69, 9.17) is 14.7 Å². The van der Waals surface area contributed by atoms with E-state index in [1.54, 1.807) is 17.0 Å². The Labute approximate surface area is 138 Å². The van der Waals surface area contributed by atoms with Gasteiger partial charge in [-0.25, -0.2) is 15.0 Å². The second-order valence-corrected chi connectivity index (χ2v) is 5.19. The molecule has 1 aliphatic heterocycles. The second kappa shape index (κ2) is 6.91. The number of aromatic nitrogens is 3. The lowest BCUT2D eigenvalue weighted by Crippen LogP contribution is -2.31. The number of amides is 1. The highest BCUT2D eigenvalue weighted by molar-refractivity contribution is 5.94. The summed E-state index contributed by atoms with van der Waals surface area (Å²) >= 11 is 0. The molecular formula is C16H15N5O3. The zero-order valence-corrected chi connectivity index (χ0v) is 13.0. The minimum absolute atomic E-state index is 0.115. The third kappa shape index (κ3) is 3.25. The minimum atomic E-state index is -0.219. The molecule has 1 amide bonds. The smallest absolute Gasteiger partial charge is 0.255 e. The number of carbonyl (C=O) groups excluding carboxylic acids is 1. The van der Waals surface area contributed by atoms with Gasteiger partial charge >= 0.3 is 0 Å². The molecule has 2 aromatic rings. The van der Waals surface area contributed by atoms with Crippen LogP contribution in [-0.2, 0) is 0 Å². The third-order valence-corrected chi connectivity index (χ3v) is 3.67. The van der Waals surface area contributed by atoms with E-state index in [-0.39, 0.29) is 23.6 Å². The lowest BCUT2D eigenvalue weighted by molar-refractivity contribution is 0.0770. The summed E-state index contributed by atoms with van der Waals surface area (Å²) in [5, 5.41) is 9.01. The molecule has 0 spiro atoms. The number of nitrogens with zero attached hydrogens (tertiary/aromatic N) is 5. The molecule has 1 aliphatic rings. The Bertz CT molecular complexity index is 772. The fourth-order valence-electron chi connectivity index (χ4n) is 2.47. The molecule has 1 fully saturated rings. The maximum atomic E-state index is 12.5. The maximum absolute atomic E-state index is 12.5. The fraction of sp³-hybridized carbons (Fsp3) is 0.312. The lowest BCUT2D eigenvalue weighted by Gasteiger charge is -2.17. The van der Waals surface area contributed by atoms with Crippen LogP contribution in [0.5, 0.6) is 11.8 Å². The van der Waals surface area contributed by atoms with E-state index in [0.29, 0.717) is 31.0 Å². The summed E-state index contributed by atoms with van der Waals surface area (Å²) < 4.78 is 10.7. The third-order valence-electron chi connectivity index (χ3n) is 3.67. The molecule has 1 saturated heterocycles. The first-order valence-corrected chi connectivity index (χ1v) is 7.38. The van der Waals surface area contributed by atoms with Gasteiger partial charge in [-0.05, 0) is 6.07 Å². The fourth-order valence-corrected chi connectivity index (χ4v) is 2.47. The van der Waals surface area contributed by atoms with Gasteiger partial charge < -0.3 is 14.4 Å². The topological polar surface area (TPSA) is 101 Å². The van der Waals surface area contributed by atoms with Crippen molar-refractivity contribution in [3.05, 3.63) is 42.0 Å². The summed E-state index contributed by atoms with van der Waals surface area (Å²) in [6.07, 6.45) is 4.84. The predicted octanol–water partition coefficient (Wildman–Crippen LogP) is 1.05. The van der Waals surface area contributed by atoms with Gasteiger partial charge in [0, 0.05) is 37.6 Å². The average molecular weight is 325 g/mol. The maximum Gasteiger partial charge on any atom is 0.255 e. The van der Waals surface area contributed by atoms with Crippen LogP contribution in [0.2, 0.25) is 0 Å². The quantitative estimate of drug-likeness (QED) is 0.828. The van der Waals surface area contributed by atoms with Crippen LogP contribution < -0.4 is 9.47 Å². The van der Waals surface area contributed by atoms with Crippen LogP contribution >= 0.6 is 0 Å². The number of pyridine rings is 1. The molecule has 8 nitrogen and oxygen atoms in total. The number of nitriles is 1. The summed E-state index contributed by atoms with van der Waals surface area (Å²) in [7, 11) is 1.52. The van der Waals surface area contributed by atoms with Crippen molar-refractivity contribution >= 4 is 5.91 Å². The molecular weight excluding hydrogens is 310 g/mol. The molecule has 24 heavy (non-hydrogen) atoms.